The van der Waals surface area contributed by atoms with Gasteiger partial charge in [-0.15, -0.1) is 0 Å². The second-order valence-corrected chi connectivity index (χ2v) is 7.28. The van der Waals surface area contributed by atoms with Crippen molar-refractivity contribution in [3.05, 3.63) is 82.6 Å². The monoisotopic (exact) mass is 422 g/mol. The molecule has 3 aromatic rings. The van der Waals surface area contributed by atoms with E-state index in [2.05, 4.69) is 5.32 Å². The van der Waals surface area contributed by atoms with Gasteiger partial charge in [-0.05, 0) is 73.2 Å². The van der Waals surface area contributed by atoms with E-state index in [1.807, 2.05) is 37.3 Å². The van der Waals surface area contributed by atoms with E-state index in [-0.39, 0.29) is 10.7 Å². The fourth-order valence-electron chi connectivity index (χ4n) is 3.03. The van der Waals surface area contributed by atoms with Crippen molar-refractivity contribution >= 4 is 52.5 Å². The van der Waals surface area contributed by atoms with E-state index in [0.717, 1.165) is 11.1 Å². The summed E-state index contributed by atoms with van der Waals surface area (Å²) in [4.78, 5) is 26.8. The molecule has 29 heavy (non-hydrogen) atoms. The third kappa shape index (κ3) is 3.72. The molecular formula is C22H15ClN2O3S. The summed E-state index contributed by atoms with van der Waals surface area (Å²) < 4.78 is 5.80. The molecule has 2 aromatic carbocycles. The van der Waals surface area contributed by atoms with Gasteiger partial charge in [-0.3, -0.25) is 19.8 Å². The van der Waals surface area contributed by atoms with E-state index in [1.165, 1.54) is 11.0 Å². The second-order valence-electron chi connectivity index (χ2n) is 6.45. The van der Waals surface area contributed by atoms with E-state index in [9.17, 15) is 9.59 Å². The number of amides is 2. The van der Waals surface area contributed by atoms with Crippen molar-refractivity contribution in [3.8, 4) is 11.3 Å². The third-order valence-electron chi connectivity index (χ3n) is 4.50. The molecule has 0 radical (unpaired) electrons. The highest BCUT2D eigenvalue weighted by atomic mass is 35.5. The Kier molecular flexibility index (Phi) is 5.05. The minimum Gasteiger partial charge on any atom is -0.457 e. The number of carbonyl (C=O) groups is 2. The van der Waals surface area contributed by atoms with Crippen molar-refractivity contribution < 1.29 is 14.0 Å². The number of benzene rings is 2. The van der Waals surface area contributed by atoms with Gasteiger partial charge in [0.2, 0.25) is 0 Å². The van der Waals surface area contributed by atoms with Crippen LogP contribution in [0.4, 0.5) is 5.69 Å². The maximum absolute atomic E-state index is 13.1. The van der Waals surface area contributed by atoms with Gasteiger partial charge >= 0.3 is 0 Å². The molecule has 1 aromatic heterocycles. The van der Waals surface area contributed by atoms with Crippen molar-refractivity contribution in [2.24, 2.45) is 0 Å². The van der Waals surface area contributed by atoms with Gasteiger partial charge in [0.15, 0.2) is 5.11 Å². The number of furan rings is 1. The fourth-order valence-corrected chi connectivity index (χ4v) is 3.43. The summed E-state index contributed by atoms with van der Waals surface area (Å²) in [5, 5.41) is 3.25. The maximum atomic E-state index is 13.1. The maximum Gasteiger partial charge on any atom is 0.270 e. The Morgan fingerprint density at radius 1 is 1.03 bits per heavy atom. The Hall–Kier alpha value is -3.22. The first kappa shape index (κ1) is 19.1. The van der Waals surface area contributed by atoms with Crippen LogP contribution in [0, 0.1) is 6.92 Å². The molecule has 1 fully saturated rings. The summed E-state index contributed by atoms with van der Waals surface area (Å²) in [6, 6.07) is 18.0. The molecule has 144 valence electrons. The minimum atomic E-state index is -0.561. The first-order valence-corrected chi connectivity index (χ1v) is 9.55. The highest BCUT2D eigenvalue weighted by molar-refractivity contribution is 7.80. The van der Waals surface area contributed by atoms with Crippen molar-refractivity contribution in [2.75, 3.05) is 4.90 Å². The number of nitrogens with one attached hydrogen (secondary N) is 1. The number of para-hydroxylation sites is 1. The van der Waals surface area contributed by atoms with Gasteiger partial charge in [-0.2, -0.15) is 0 Å². The minimum absolute atomic E-state index is 0.0488. The van der Waals surface area contributed by atoms with Crippen LogP contribution in [0.2, 0.25) is 5.02 Å². The molecule has 1 saturated heterocycles. The SMILES string of the molecule is Cc1ccccc1N1C(=O)/C(=C/c2ccc(-c3ccc(Cl)cc3)o2)C(=O)NC1=S. The molecular weight excluding hydrogens is 408 g/mol. The van der Waals surface area contributed by atoms with E-state index in [4.69, 9.17) is 28.2 Å². The Balaban J connectivity index is 1.68. The lowest BCUT2D eigenvalue weighted by Crippen LogP contribution is -2.54. The zero-order chi connectivity index (χ0) is 20.5. The number of hydrogen-bond donors (Lipinski definition) is 1. The lowest BCUT2D eigenvalue weighted by atomic mass is 10.1. The van der Waals surface area contributed by atoms with Gasteiger partial charge in [-0.1, -0.05) is 29.8 Å². The number of rotatable bonds is 3. The van der Waals surface area contributed by atoms with E-state index in [0.29, 0.717) is 22.2 Å². The molecule has 5 nitrogen and oxygen atoms in total. The number of aryl methyl sites for hydroxylation is 1. The van der Waals surface area contributed by atoms with Crippen LogP contribution in [-0.4, -0.2) is 16.9 Å². The number of thiocarbonyl (C=S) groups is 1. The van der Waals surface area contributed by atoms with Gasteiger partial charge in [0, 0.05) is 10.6 Å². The fraction of sp³-hybridized carbons (Fsp3) is 0.0455. The van der Waals surface area contributed by atoms with Crippen molar-refractivity contribution in [1.82, 2.24) is 5.32 Å². The summed E-state index contributed by atoms with van der Waals surface area (Å²) in [5.41, 5.74) is 2.26. The average molecular weight is 423 g/mol. The predicted molar refractivity (Wildman–Crippen MR) is 117 cm³/mol. The van der Waals surface area contributed by atoms with Crippen LogP contribution >= 0.6 is 23.8 Å². The van der Waals surface area contributed by atoms with E-state index < -0.39 is 11.8 Å². The molecule has 0 saturated carbocycles. The Morgan fingerprint density at radius 2 is 1.76 bits per heavy atom. The van der Waals surface area contributed by atoms with Gasteiger partial charge < -0.3 is 4.42 Å². The van der Waals surface area contributed by atoms with Crippen molar-refractivity contribution in [2.45, 2.75) is 6.92 Å². The highest BCUT2D eigenvalue weighted by Crippen LogP contribution is 2.27. The zero-order valence-corrected chi connectivity index (χ0v) is 16.9. The van der Waals surface area contributed by atoms with Crippen LogP contribution in [0.3, 0.4) is 0 Å². The van der Waals surface area contributed by atoms with Crippen molar-refractivity contribution in [3.63, 3.8) is 0 Å². The molecule has 1 aliphatic rings. The first-order chi connectivity index (χ1) is 13.9. The van der Waals surface area contributed by atoms with E-state index >= 15 is 0 Å². The number of nitrogens with zero attached hydrogens (tertiary/aromatic N) is 1. The standard InChI is InChI=1S/C22H15ClN2O3S/c1-13-4-2-3-5-18(13)25-21(27)17(20(26)24-22(25)29)12-16-10-11-19(28-16)14-6-8-15(23)9-7-14/h2-12H,1H3,(H,24,26,29)/b17-12+. The quantitative estimate of drug-likeness (QED) is 0.376. The number of carbonyl (C=O) groups excluding carboxylic acids is 2. The van der Waals surface area contributed by atoms with Crippen molar-refractivity contribution in [1.29, 1.82) is 0 Å². The lowest BCUT2D eigenvalue weighted by Gasteiger charge is -2.29. The Morgan fingerprint density at radius 3 is 2.48 bits per heavy atom. The van der Waals surface area contributed by atoms with Gasteiger partial charge in [-0.25, -0.2) is 0 Å². The predicted octanol–water partition coefficient (Wildman–Crippen LogP) is 4.74. The molecule has 0 atom stereocenters. The smallest absolute Gasteiger partial charge is 0.270 e. The van der Waals surface area contributed by atoms with Crippen LogP contribution in [-0.2, 0) is 9.59 Å². The lowest BCUT2D eigenvalue weighted by molar-refractivity contribution is -0.122. The normalized spacial score (nSPS) is 15.7. The molecule has 1 N–H and O–H groups in total. The van der Waals surface area contributed by atoms with Gasteiger partial charge in [0.1, 0.15) is 17.1 Å². The number of halogens is 1. The molecule has 0 unspecified atom stereocenters. The largest absolute Gasteiger partial charge is 0.457 e. The number of anilines is 1. The number of hydrogen-bond acceptors (Lipinski definition) is 4. The molecule has 0 aliphatic carbocycles. The third-order valence-corrected chi connectivity index (χ3v) is 5.04. The van der Waals surface area contributed by atoms with Crippen LogP contribution in [0.1, 0.15) is 11.3 Å². The molecule has 2 heterocycles. The van der Waals surface area contributed by atoms with E-state index in [1.54, 1.807) is 30.3 Å². The molecule has 4 rings (SSSR count). The van der Waals surface area contributed by atoms with Gasteiger partial charge in [0.25, 0.3) is 11.8 Å². The van der Waals surface area contributed by atoms with Gasteiger partial charge in [0.05, 0.1) is 5.69 Å². The summed E-state index contributed by atoms with van der Waals surface area (Å²) >= 11 is 11.1. The zero-order valence-electron chi connectivity index (χ0n) is 15.3. The molecule has 2 amide bonds. The highest BCUT2D eigenvalue weighted by Gasteiger charge is 2.35. The van der Waals surface area contributed by atoms with Crippen LogP contribution in [0.15, 0.2) is 70.7 Å². The molecule has 0 bridgehead atoms. The summed E-state index contributed by atoms with van der Waals surface area (Å²) in [6.07, 6.45) is 1.42. The molecule has 7 heteroatoms. The first-order valence-electron chi connectivity index (χ1n) is 8.77. The Bertz CT molecular complexity index is 1160. The average Bonchev–Trinajstić information content (AvgIpc) is 3.16. The second kappa shape index (κ2) is 7.66. The summed E-state index contributed by atoms with van der Waals surface area (Å²) in [7, 11) is 0. The van der Waals surface area contributed by atoms with Crippen LogP contribution in [0.5, 0.6) is 0 Å². The topological polar surface area (TPSA) is 62.6 Å². The summed E-state index contributed by atoms with van der Waals surface area (Å²) in [6.45, 7) is 1.87. The Labute approximate surface area is 177 Å². The molecule has 1 aliphatic heterocycles. The summed E-state index contributed by atoms with van der Waals surface area (Å²) in [5.74, 6) is -0.0822. The molecule has 0 spiro atoms. The van der Waals surface area contributed by atoms with Crippen LogP contribution in [0.25, 0.3) is 17.4 Å². The van der Waals surface area contributed by atoms with Crippen LogP contribution < -0.4 is 10.2 Å².